The highest BCUT2D eigenvalue weighted by Crippen LogP contribution is 2.34. The molecule has 1 N–H and O–H groups in total. The maximum absolute atomic E-state index is 12.6. The van der Waals surface area contributed by atoms with Crippen molar-refractivity contribution in [2.24, 2.45) is 11.3 Å². The van der Waals surface area contributed by atoms with E-state index in [4.69, 9.17) is 0 Å². The van der Waals surface area contributed by atoms with Gasteiger partial charge in [-0.2, -0.15) is 0 Å². The number of hydrogen-bond acceptors (Lipinski definition) is 2. The molecule has 2 amide bonds. The molecule has 5 nitrogen and oxygen atoms in total. The summed E-state index contributed by atoms with van der Waals surface area (Å²) in [5, 5.41) is 9.51. The minimum absolute atomic E-state index is 0.000625. The summed E-state index contributed by atoms with van der Waals surface area (Å²) in [6.07, 6.45) is 7.01. The zero-order valence-corrected chi connectivity index (χ0v) is 13.3. The summed E-state index contributed by atoms with van der Waals surface area (Å²) in [5.74, 6) is -0.139. The first-order valence-electron chi connectivity index (χ1n) is 8.22. The Kier molecular flexibility index (Phi) is 5.12. The number of rotatable bonds is 4. The molecule has 2 rings (SSSR count). The number of carbonyl (C=O) groups is 2. The highest BCUT2D eigenvalue weighted by atomic mass is 16.4. The van der Waals surface area contributed by atoms with E-state index in [9.17, 15) is 14.7 Å². The van der Waals surface area contributed by atoms with Gasteiger partial charge in [0.1, 0.15) is 0 Å². The van der Waals surface area contributed by atoms with Crippen LogP contribution in [0.3, 0.4) is 0 Å². The monoisotopic (exact) mass is 296 g/mol. The Hall–Kier alpha value is -1.26. The molecular weight excluding hydrogens is 268 g/mol. The predicted octanol–water partition coefficient (Wildman–Crippen LogP) is 2.81. The fourth-order valence-electron chi connectivity index (χ4n) is 3.81. The molecule has 2 aliphatic rings. The number of carboxylic acid groups (broad SMARTS) is 1. The van der Waals surface area contributed by atoms with Crippen LogP contribution in [0.1, 0.15) is 51.9 Å². The van der Waals surface area contributed by atoms with Crippen LogP contribution >= 0.6 is 0 Å². The van der Waals surface area contributed by atoms with Crippen LogP contribution in [0, 0.1) is 11.3 Å². The van der Waals surface area contributed by atoms with E-state index in [1.54, 1.807) is 9.80 Å². The maximum Gasteiger partial charge on any atom is 0.319 e. The highest BCUT2D eigenvalue weighted by Gasteiger charge is 2.42. The van der Waals surface area contributed by atoms with Crippen molar-refractivity contribution in [3.63, 3.8) is 0 Å². The van der Waals surface area contributed by atoms with Gasteiger partial charge in [-0.1, -0.05) is 19.8 Å². The molecule has 5 heteroatoms. The quantitative estimate of drug-likeness (QED) is 0.867. The van der Waals surface area contributed by atoms with Gasteiger partial charge in [0.05, 0.1) is 5.41 Å². The van der Waals surface area contributed by atoms with Crippen molar-refractivity contribution in [2.45, 2.75) is 51.9 Å². The molecule has 1 heterocycles. The Bertz CT molecular complexity index is 393. The van der Waals surface area contributed by atoms with Crippen LogP contribution < -0.4 is 0 Å². The van der Waals surface area contributed by atoms with Gasteiger partial charge in [-0.3, -0.25) is 4.79 Å². The first-order chi connectivity index (χ1) is 9.98. The van der Waals surface area contributed by atoms with E-state index in [0.29, 0.717) is 31.8 Å². The van der Waals surface area contributed by atoms with Crippen LogP contribution in [0.15, 0.2) is 0 Å². The van der Waals surface area contributed by atoms with Crippen molar-refractivity contribution in [1.82, 2.24) is 9.80 Å². The predicted molar refractivity (Wildman–Crippen MR) is 81.2 cm³/mol. The van der Waals surface area contributed by atoms with Gasteiger partial charge in [-0.25, -0.2) is 4.79 Å². The molecular formula is C16H28N2O3. The summed E-state index contributed by atoms with van der Waals surface area (Å²) in [5.41, 5.74) is -0.748. The zero-order chi connectivity index (χ0) is 15.5. The minimum atomic E-state index is -0.763. The van der Waals surface area contributed by atoms with Crippen molar-refractivity contribution >= 4 is 12.0 Å². The van der Waals surface area contributed by atoms with Gasteiger partial charge in [-0.15, -0.1) is 0 Å². The number of amides is 2. The van der Waals surface area contributed by atoms with Gasteiger partial charge < -0.3 is 14.9 Å². The third-order valence-corrected chi connectivity index (χ3v) is 5.31. The average Bonchev–Trinajstić information content (AvgIpc) is 2.99. The first kappa shape index (κ1) is 16.1. The van der Waals surface area contributed by atoms with Gasteiger partial charge in [0.15, 0.2) is 0 Å². The second-order valence-electron chi connectivity index (χ2n) is 6.78. The lowest BCUT2D eigenvalue weighted by molar-refractivity contribution is -0.152. The molecule has 0 aromatic carbocycles. The van der Waals surface area contributed by atoms with E-state index in [2.05, 4.69) is 0 Å². The van der Waals surface area contributed by atoms with Crippen molar-refractivity contribution in [3.05, 3.63) is 0 Å². The van der Waals surface area contributed by atoms with Crippen molar-refractivity contribution in [1.29, 1.82) is 0 Å². The van der Waals surface area contributed by atoms with Gasteiger partial charge in [0.25, 0.3) is 0 Å². The molecule has 1 saturated heterocycles. The fourth-order valence-corrected chi connectivity index (χ4v) is 3.81. The lowest BCUT2D eigenvalue weighted by Gasteiger charge is -2.41. The number of carbonyl (C=O) groups excluding carboxylic acids is 1. The van der Waals surface area contributed by atoms with Crippen LogP contribution in [0.2, 0.25) is 0 Å². The standard InChI is InChI=1S/C16H28N2O3/c1-3-16(14(19)20)9-6-10-18(12-16)15(21)17(2)11-13-7-4-5-8-13/h13H,3-12H2,1-2H3,(H,19,20). The summed E-state index contributed by atoms with van der Waals surface area (Å²) in [4.78, 5) is 27.7. The molecule has 0 radical (unpaired) electrons. The first-order valence-corrected chi connectivity index (χ1v) is 8.22. The van der Waals surface area contributed by atoms with Crippen LogP contribution in [0.5, 0.6) is 0 Å². The third kappa shape index (κ3) is 3.50. The Balaban J connectivity index is 1.96. The summed E-state index contributed by atoms with van der Waals surface area (Å²) in [6, 6.07) is 0.000625. The molecule has 1 unspecified atom stereocenters. The molecule has 0 bridgehead atoms. The molecule has 1 aliphatic carbocycles. The van der Waals surface area contributed by atoms with E-state index >= 15 is 0 Å². The topological polar surface area (TPSA) is 60.9 Å². The van der Waals surface area contributed by atoms with Gasteiger partial charge >= 0.3 is 12.0 Å². The summed E-state index contributed by atoms with van der Waals surface area (Å²) < 4.78 is 0. The van der Waals surface area contributed by atoms with Crippen molar-refractivity contribution in [2.75, 3.05) is 26.7 Å². The van der Waals surface area contributed by atoms with Gasteiger partial charge in [0.2, 0.25) is 0 Å². The summed E-state index contributed by atoms with van der Waals surface area (Å²) in [7, 11) is 1.85. The number of aliphatic carboxylic acids is 1. The zero-order valence-electron chi connectivity index (χ0n) is 13.3. The van der Waals surface area contributed by atoms with Crippen LogP contribution in [0.25, 0.3) is 0 Å². The van der Waals surface area contributed by atoms with Crippen LogP contribution in [-0.4, -0.2) is 53.6 Å². The minimum Gasteiger partial charge on any atom is -0.481 e. The number of likely N-dealkylation sites (tertiary alicyclic amines) is 1. The van der Waals surface area contributed by atoms with Crippen LogP contribution in [0.4, 0.5) is 4.79 Å². The van der Waals surface area contributed by atoms with E-state index in [1.165, 1.54) is 25.7 Å². The highest BCUT2D eigenvalue weighted by molar-refractivity contribution is 5.78. The number of carboxylic acids is 1. The van der Waals surface area contributed by atoms with Crippen molar-refractivity contribution in [3.8, 4) is 0 Å². The second kappa shape index (κ2) is 6.67. The molecule has 0 spiro atoms. The molecule has 1 atom stereocenters. The van der Waals surface area contributed by atoms with E-state index in [-0.39, 0.29) is 6.03 Å². The number of hydrogen-bond donors (Lipinski definition) is 1. The Morgan fingerprint density at radius 3 is 2.52 bits per heavy atom. The summed E-state index contributed by atoms with van der Waals surface area (Å²) in [6.45, 7) is 3.75. The lowest BCUT2D eigenvalue weighted by Crippen LogP contribution is -2.53. The smallest absolute Gasteiger partial charge is 0.319 e. The van der Waals surface area contributed by atoms with Gasteiger partial charge in [0, 0.05) is 26.7 Å². The molecule has 1 saturated carbocycles. The molecule has 0 aromatic heterocycles. The normalized spacial score (nSPS) is 26.9. The molecule has 0 aromatic rings. The second-order valence-corrected chi connectivity index (χ2v) is 6.78. The Labute approximate surface area is 127 Å². The lowest BCUT2D eigenvalue weighted by atomic mass is 9.78. The SMILES string of the molecule is CCC1(C(=O)O)CCCN(C(=O)N(C)CC2CCCC2)C1. The molecule has 120 valence electrons. The van der Waals surface area contributed by atoms with E-state index in [0.717, 1.165) is 13.0 Å². The number of urea groups is 1. The molecule has 1 aliphatic heterocycles. The summed E-state index contributed by atoms with van der Waals surface area (Å²) >= 11 is 0. The molecule has 21 heavy (non-hydrogen) atoms. The number of nitrogens with zero attached hydrogens (tertiary/aromatic N) is 2. The maximum atomic E-state index is 12.6. The van der Waals surface area contributed by atoms with E-state index in [1.807, 2.05) is 14.0 Å². The third-order valence-electron chi connectivity index (χ3n) is 5.31. The average molecular weight is 296 g/mol. The largest absolute Gasteiger partial charge is 0.481 e. The van der Waals surface area contributed by atoms with Crippen LogP contribution in [-0.2, 0) is 4.79 Å². The van der Waals surface area contributed by atoms with Gasteiger partial charge in [-0.05, 0) is 38.0 Å². The van der Waals surface area contributed by atoms with Crippen molar-refractivity contribution < 1.29 is 14.7 Å². The number of piperidine rings is 1. The van der Waals surface area contributed by atoms with E-state index < -0.39 is 11.4 Å². The Morgan fingerprint density at radius 2 is 1.95 bits per heavy atom. The molecule has 2 fully saturated rings. The Morgan fingerprint density at radius 1 is 1.29 bits per heavy atom. The fraction of sp³-hybridized carbons (Fsp3) is 0.875.